The number of rotatable bonds is 12. The Hall–Kier alpha value is -2.76. The Balaban J connectivity index is 1.54. The molecule has 2 aliphatic rings. The maximum Gasteiger partial charge on any atom is 0.459 e. The molecule has 12 nitrogen and oxygen atoms in total. The van der Waals surface area contributed by atoms with E-state index in [2.05, 4.69) is 10.1 Å². The third kappa shape index (κ3) is 8.86. The molecule has 1 aliphatic carbocycles. The SMILES string of the molecule is CC(=O)CCC(=O)O[C@H]1C[C@H](n2cc(C)c(=O)[nH]c2=O)O[C@@H]1COP(=O)(NC1CCCCC1)Oc1ccc(Cl)cc1. The van der Waals surface area contributed by atoms with Gasteiger partial charge in [-0.15, -0.1) is 0 Å². The Morgan fingerprint density at radius 3 is 2.54 bits per heavy atom. The Morgan fingerprint density at radius 1 is 1.15 bits per heavy atom. The molecule has 0 bridgehead atoms. The van der Waals surface area contributed by atoms with Gasteiger partial charge in [-0.05, 0) is 51.0 Å². The number of carbonyl (C=O) groups excluding carboxylic acids is 2. The molecule has 1 aliphatic heterocycles. The van der Waals surface area contributed by atoms with Crippen LogP contribution in [0.5, 0.6) is 5.75 Å². The van der Waals surface area contributed by atoms with E-state index in [-0.39, 0.29) is 43.4 Å². The van der Waals surface area contributed by atoms with Gasteiger partial charge in [-0.3, -0.25) is 23.7 Å². The molecule has 0 amide bonds. The Labute approximate surface area is 242 Å². The first kappa shape index (κ1) is 31.2. The molecule has 224 valence electrons. The number of nitrogens with zero attached hydrogens (tertiary/aromatic N) is 1. The summed E-state index contributed by atoms with van der Waals surface area (Å²) in [5.74, 6) is -0.495. The highest BCUT2D eigenvalue weighted by Gasteiger charge is 2.42. The summed E-state index contributed by atoms with van der Waals surface area (Å²) in [5.41, 5.74) is -0.921. The van der Waals surface area contributed by atoms with E-state index < -0.39 is 43.4 Å². The zero-order valence-corrected chi connectivity index (χ0v) is 24.7. The maximum absolute atomic E-state index is 14.0. The number of nitrogens with one attached hydrogen (secondary N) is 2. The molecule has 41 heavy (non-hydrogen) atoms. The highest BCUT2D eigenvalue weighted by molar-refractivity contribution is 7.52. The zero-order chi connectivity index (χ0) is 29.6. The van der Waals surface area contributed by atoms with E-state index in [0.29, 0.717) is 10.6 Å². The van der Waals surface area contributed by atoms with Crippen LogP contribution in [0.3, 0.4) is 0 Å². The lowest BCUT2D eigenvalue weighted by Crippen LogP contribution is -2.35. The number of halogens is 1. The van der Waals surface area contributed by atoms with Crippen molar-refractivity contribution in [1.29, 1.82) is 0 Å². The first-order chi connectivity index (χ1) is 19.5. The van der Waals surface area contributed by atoms with Crippen LogP contribution in [0.1, 0.15) is 70.1 Å². The number of aryl methyl sites for hydroxylation is 1. The van der Waals surface area contributed by atoms with Crippen molar-refractivity contribution in [3.8, 4) is 5.75 Å². The van der Waals surface area contributed by atoms with E-state index in [0.717, 1.165) is 32.1 Å². The maximum atomic E-state index is 14.0. The second kappa shape index (κ2) is 13.9. The van der Waals surface area contributed by atoms with E-state index >= 15 is 0 Å². The molecule has 2 aromatic rings. The lowest BCUT2D eigenvalue weighted by Gasteiger charge is -2.29. The van der Waals surface area contributed by atoms with Crippen molar-refractivity contribution < 1.29 is 32.7 Å². The van der Waals surface area contributed by atoms with Crippen LogP contribution < -0.4 is 20.9 Å². The van der Waals surface area contributed by atoms with Gasteiger partial charge in [-0.2, -0.15) is 0 Å². The van der Waals surface area contributed by atoms with Gasteiger partial charge < -0.3 is 18.8 Å². The minimum atomic E-state index is -3.95. The van der Waals surface area contributed by atoms with Gasteiger partial charge in [0.05, 0.1) is 13.0 Å². The summed E-state index contributed by atoms with van der Waals surface area (Å²) in [5, 5.41) is 3.54. The number of benzene rings is 1. The van der Waals surface area contributed by atoms with Crippen LogP contribution >= 0.6 is 19.3 Å². The topological polar surface area (TPSA) is 155 Å². The fraction of sp³-hybridized carbons (Fsp3) is 0.556. The fourth-order valence-electron chi connectivity index (χ4n) is 4.80. The highest BCUT2D eigenvalue weighted by Crippen LogP contribution is 2.47. The van der Waals surface area contributed by atoms with Gasteiger partial charge in [0.25, 0.3) is 5.56 Å². The Kier molecular flexibility index (Phi) is 10.6. The highest BCUT2D eigenvalue weighted by atomic mass is 35.5. The molecule has 2 fully saturated rings. The Bertz CT molecular complexity index is 1390. The second-order valence-corrected chi connectivity index (χ2v) is 12.5. The number of ether oxygens (including phenoxy) is 2. The fourth-order valence-corrected chi connectivity index (χ4v) is 6.56. The summed E-state index contributed by atoms with van der Waals surface area (Å²) in [6.45, 7) is 2.62. The number of hydrogen-bond donors (Lipinski definition) is 2. The zero-order valence-electron chi connectivity index (χ0n) is 23.0. The quantitative estimate of drug-likeness (QED) is 0.264. The Morgan fingerprint density at radius 2 is 1.85 bits per heavy atom. The largest absolute Gasteiger partial charge is 0.459 e. The second-order valence-electron chi connectivity index (χ2n) is 10.4. The summed E-state index contributed by atoms with van der Waals surface area (Å²) >= 11 is 5.98. The molecule has 1 saturated carbocycles. The van der Waals surface area contributed by atoms with E-state index in [1.807, 2.05) is 0 Å². The molecule has 2 N–H and O–H groups in total. The van der Waals surface area contributed by atoms with Crippen molar-refractivity contribution in [2.24, 2.45) is 0 Å². The van der Waals surface area contributed by atoms with Gasteiger partial charge in [0, 0.05) is 35.7 Å². The van der Waals surface area contributed by atoms with Crippen molar-refractivity contribution in [2.75, 3.05) is 6.61 Å². The predicted octanol–water partition coefficient (Wildman–Crippen LogP) is 4.19. The molecule has 14 heteroatoms. The van der Waals surface area contributed by atoms with Crippen LogP contribution in [-0.4, -0.2) is 46.2 Å². The van der Waals surface area contributed by atoms with Crippen LogP contribution in [0.25, 0.3) is 0 Å². The van der Waals surface area contributed by atoms with Crippen molar-refractivity contribution in [2.45, 2.75) is 89.7 Å². The van der Waals surface area contributed by atoms with E-state index in [9.17, 15) is 23.7 Å². The summed E-state index contributed by atoms with van der Waals surface area (Å²) in [4.78, 5) is 50.5. The van der Waals surface area contributed by atoms with Gasteiger partial charge in [-0.1, -0.05) is 30.9 Å². The summed E-state index contributed by atoms with van der Waals surface area (Å²) in [6, 6.07) is 6.28. The number of Topliss-reactive ketones (excluding diaryl/α,β-unsaturated/α-hetero) is 1. The van der Waals surface area contributed by atoms with Crippen molar-refractivity contribution in [3.63, 3.8) is 0 Å². The smallest absolute Gasteiger partial charge is 0.459 e. The molecule has 0 radical (unpaired) electrons. The van der Waals surface area contributed by atoms with Crippen LogP contribution in [0.4, 0.5) is 0 Å². The predicted molar refractivity (Wildman–Crippen MR) is 150 cm³/mol. The van der Waals surface area contributed by atoms with Crippen LogP contribution in [0.2, 0.25) is 5.02 Å². The lowest BCUT2D eigenvalue weighted by molar-refractivity contribution is -0.153. The standard InChI is InChI=1S/C27H35ClN3O9P/c1-17-15-31(27(35)29-26(17)34)24-14-22(39-25(33)13-8-18(2)32)23(38-24)16-37-41(36,30-20-6-4-3-5-7-20)40-21-11-9-19(28)10-12-21/h9-12,15,20,22-24H,3-8,13-14,16H2,1-2H3,(H,30,36)(H,29,34,35)/t22-,23+,24+,41?/m0/s1. The van der Waals surface area contributed by atoms with Crippen LogP contribution in [0.15, 0.2) is 40.1 Å². The number of hydrogen-bond acceptors (Lipinski definition) is 9. The van der Waals surface area contributed by atoms with E-state index in [4.69, 9.17) is 30.1 Å². The van der Waals surface area contributed by atoms with Gasteiger partial charge in [-0.25, -0.2) is 14.4 Å². The summed E-state index contributed by atoms with van der Waals surface area (Å²) < 4.78 is 38.6. The lowest BCUT2D eigenvalue weighted by atomic mass is 9.96. The normalized spacial score (nSPS) is 22.7. The molecule has 0 spiro atoms. The number of aromatic amines is 1. The average Bonchev–Trinajstić information content (AvgIpc) is 3.32. The average molecular weight is 612 g/mol. The number of esters is 1. The van der Waals surface area contributed by atoms with Gasteiger partial charge >= 0.3 is 19.4 Å². The number of aromatic nitrogens is 2. The van der Waals surface area contributed by atoms with Crippen molar-refractivity contribution in [1.82, 2.24) is 14.6 Å². The molecule has 1 aromatic heterocycles. The van der Waals surface area contributed by atoms with Crippen molar-refractivity contribution >= 4 is 31.1 Å². The van der Waals surface area contributed by atoms with Crippen LogP contribution in [-0.2, 0) is 28.2 Å². The summed E-state index contributed by atoms with van der Waals surface area (Å²) in [7, 11) is -3.95. The number of carbonyl (C=O) groups is 2. The number of H-pyrrole nitrogens is 1. The molecule has 4 atom stereocenters. The van der Waals surface area contributed by atoms with Gasteiger partial charge in [0.2, 0.25) is 0 Å². The molecular weight excluding hydrogens is 577 g/mol. The van der Waals surface area contributed by atoms with Gasteiger partial charge in [0.15, 0.2) is 0 Å². The van der Waals surface area contributed by atoms with E-state index in [1.165, 1.54) is 17.7 Å². The first-order valence-electron chi connectivity index (χ1n) is 13.7. The number of ketones is 1. The monoisotopic (exact) mass is 611 g/mol. The molecule has 4 rings (SSSR count). The molecule has 2 heterocycles. The van der Waals surface area contributed by atoms with E-state index in [1.54, 1.807) is 31.2 Å². The minimum absolute atomic E-state index is 0.0189. The molecule has 1 aromatic carbocycles. The van der Waals surface area contributed by atoms with Gasteiger partial charge in [0.1, 0.15) is 30.0 Å². The van der Waals surface area contributed by atoms with Crippen molar-refractivity contribution in [3.05, 3.63) is 61.9 Å². The molecule has 1 saturated heterocycles. The third-order valence-corrected chi connectivity index (χ3v) is 8.87. The third-order valence-electron chi connectivity index (χ3n) is 6.99. The first-order valence-corrected chi connectivity index (χ1v) is 15.6. The molecular formula is C27H35ClN3O9P. The summed E-state index contributed by atoms with van der Waals surface area (Å²) in [6.07, 6.45) is 3.27. The van der Waals surface area contributed by atoms with Crippen LogP contribution in [0, 0.1) is 6.92 Å². The molecule has 1 unspecified atom stereocenters. The minimum Gasteiger partial charge on any atom is -0.459 e.